The molecule has 12 heteroatoms. The van der Waals surface area contributed by atoms with Crippen LogP contribution < -0.4 is 15.0 Å². The number of hydrogen-bond donors (Lipinski definition) is 1. The number of anilines is 1. The number of piperazine rings is 1. The quantitative estimate of drug-likeness (QED) is 0.379. The standard InChI is InChI=1S/C21H22ClN5O4S.ClH/c1-31-17-3-2-4-18-19(17)24-21(32-18)26-11-9-25(10-12-26)8-7-23-20(28)15-13-14(22)5-6-16(15)27(29)30;/h2-6,13H,7-12H2,1H3,(H,23,28);1H. The van der Waals surface area contributed by atoms with Gasteiger partial charge in [-0.1, -0.05) is 29.0 Å². The van der Waals surface area contributed by atoms with E-state index in [-0.39, 0.29) is 28.7 Å². The summed E-state index contributed by atoms with van der Waals surface area (Å²) in [5.41, 5.74) is 0.599. The lowest BCUT2D eigenvalue weighted by Crippen LogP contribution is -2.48. The Labute approximate surface area is 205 Å². The van der Waals surface area contributed by atoms with E-state index < -0.39 is 10.8 Å². The fraction of sp³-hybridized carbons (Fsp3) is 0.333. The van der Waals surface area contributed by atoms with Gasteiger partial charge in [-0.15, -0.1) is 12.4 Å². The molecule has 0 spiro atoms. The first-order valence-electron chi connectivity index (χ1n) is 10.1. The molecule has 0 aliphatic carbocycles. The van der Waals surface area contributed by atoms with Crippen molar-refractivity contribution in [1.82, 2.24) is 15.2 Å². The van der Waals surface area contributed by atoms with Crippen LogP contribution in [-0.4, -0.2) is 67.1 Å². The van der Waals surface area contributed by atoms with Crippen molar-refractivity contribution in [3.05, 3.63) is 57.1 Å². The summed E-state index contributed by atoms with van der Waals surface area (Å²) < 4.78 is 6.50. The molecule has 33 heavy (non-hydrogen) atoms. The molecule has 1 aromatic heterocycles. The van der Waals surface area contributed by atoms with Gasteiger partial charge in [-0.3, -0.25) is 19.8 Å². The van der Waals surface area contributed by atoms with Crippen LogP contribution in [0.2, 0.25) is 5.02 Å². The summed E-state index contributed by atoms with van der Waals surface area (Å²) in [4.78, 5) is 32.3. The number of amides is 1. The average Bonchev–Trinajstić information content (AvgIpc) is 3.23. The van der Waals surface area contributed by atoms with Crippen molar-refractivity contribution < 1.29 is 14.5 Å². The number of carbonyl (C=O) groups is 1. The first-order valence-corrected chi connectivity index (χ1v) is 11.3. The smallest absolute Gasteiger partial charge is 0.282 e. The van der Waals surface area contributed by atoms with E-state index in [2.05, 4.69) is 15.1 Å². The predicted octanol–water partition coefficient (Wildman–Crippen LogP) is 3.84. The Morgan fingerprint density at radius 2 is 2.03 bits per heavy atom. The average molecular weight is 512 g/mol. The van der Waals surface area contributed by atoms with Gasteiger partial charge in [0.15, 0.2) is 5.13 Å². The highest BCUT2D eigenvalue weighted by molar-refractivity contribution is 7.22. The number of nitro groups is 1. The van der Waals surface area contributed by atoms with Gasteiger partial charge >= 0.3 is 0 Å². The molecule has 9 nitrogen and oxygen atoms in total. The molecule has 2 aromatic carbocycles. The molecule has 4 rings (SSSR count). The molecule has 1 N–H and O–H groups in total. The summed E-state index contributed by atoms with van der Waals surface area (Å²) in [5.74, 6) is 0.278. The Bertz CT molecular complexity index is 1150. The molecule has 1 saturated heterocycles. The predicted molar refractivity (Wildman–Crippen MR) is 133 cm³/mol. The fourth-order valence-corrected chi connectivity index (χ4v) is 4.85. The Morgan fingerprint density at radius 1 is 1.27 bits per heavy atom. The monoisotopic (exact) mass is 511 g/mol. The Hall–Kier alpha value is -2.66. The van der Waals surface area contributed by atoms with Crippen LogP contribution >= 0.6 is 35.3 Å². The van der Waals surface area contributed by atoms with E-state index in [9.17, 15) is 14.9 Å². The molecular weight excluding hydrogens is 489 g/mol. The van der Waals surface area contributed by atoms with E-state index in [1.54, 1.807) is 18.4 Å². The number of thiazole rings is 1. The normalized spacial score (nSPS) is 14.1. The third-order valence-electron chi connectivity index (χ3n) is 5.35. The molecule has 1 fully saturated rings. The van der Waals surface area contributed by atoms with Gasteiger partial charge in [0.25, 0.3) is 11.6 Å². The van der Waals surface area contributed by atoms with Gasteiger partial charge in [-0.05, 0) is 24.3 Å². The Kier molecular flexibility index (Phi) is 8.30. The second kappa shape index (κ2) is 11.0. The van der Waals surface area contributed by atoms with Crippen molar-refractivity contribution in [2.45, 2.75) is 0 Å². The number of hydrogen-bond acceptors (Lipinski definition) is 8. The summed E-state index contributed by atoms with van der Waals surface area (Å²) in [6, 6.07) is 9.89. The zero-order valence-corrected chi connectivity index (χ0v) is 20.2. The third-order valence-corrected chi connectivity index (χ3v) is 6.66. The maximum absolute atomic E-state index is 12.4. The second-order valence-corrected chi connectivity index (χ2v) is 8.75. The number of rotatable bonds is 7. The van der Waals surface area contributed by atoms with Crippen LogP contribution in [0, 0.1) is 10.1 Å². The summed E-state index contributed by atoms with van der Waals surface area (Å²) in [7, 11) is 1.65. The molecule has 0 atom stereocenters. The SMILES string of the molecule is COc1cccc2sc(N3CCN(CCNC(=O)c4cc(Cl)ccc4[N+](=O)[O-])CC3)nc12.Cl. The number of benzene rings is 2. The van der Waals surface area contributed by atoms with Gasteiger partial charge in [-0.2, -0.15) is 0 Å². The van der Waals surface area contributed by atoms with Crippen LogP contribution in [0.15, 0.2) is 36.4 Å². The maximum atomic E-state index is 12.4. The fourth-order valence-electron chi connectivity index (χ4n) is 3.65. The van der Waals surface area contributed by atoms with Gasteiger partial charge in [-0.25, -0.2) is 4.98 Å². The molecule has 0 saturated carbocycles. The van der Waals surface area contributed by atoms with Crippen LogP contribution in [0.1, 0.15) is 10.4 Å². The molecule has 0 radical (unpaired) electrons. The molecule has 1 aliphatic rings. The van der Waals surface area contributed by atoms with E-state index in [0.717, 1.165) is 47.3 Å². The highest BCUT2D eigenvalue weighted by Crippen LogP contribution is 2.34. The lowest BCUT2D eigenvalue weighted by atomic mass is 10.1. The number of methoxy groups -OCH3 is 1. The summed E-state index contributed by atoms with van der Waals surface area (Å²) >= 11 is 7.55. The minimum atomic E-state index is -0.581. The third kappa shape index (κ3) is 5.64. The molecule has 176 valence electrons. The first-order chi connectivity index (χ1) is 15.5. The molecule has 0 unspecified atom stereocenters. The number of nitro benzene ring substituents is 1. The van der Waals surface area contributed by atoms with Gasteiger partial charge in [0.1, 0.15) is 16.8 Å². The number of nitrogens with zero attached hydrogens (tertiary/aromatic N) is 4. The molecule has 3 aromatic rings. The van der Waals surface area contributed by atoms with E-state index in [4.69, 9.17) is 21.3 Å². The molecule has 1 amide bonds. The van der Waals surface area contributed by atoms with Gasteiger partial charge in [0, 0.05) is 50.4 Å². The molecular formula is C21H23Cl2N5O4S. The number of nitrogens with one attached hydrogen (secondary N) is 1. The highest BCUT2D eigenvalue weighted by atomic mass is 35.5. The van der Waals surface area contributed by atoms with Gasteiger partial charge in [0.05, 0.1) is 16.7 Å². The summed E-state index contributed by atoms with van der Waals surface area (Å²) in [5, 5.41) is 15.2. The second-order valence-electron chi connectivity index (χ2n) is 7.31. The molecule has 0 bridgehead atoms. The van der Waals surface area contributed by atoms with Crippen LogP contribution in [-0.2, 0) is 0 Å². The van der Waals surface area contributed by atoms with E-state index in [0.29, 0.717) is 13.1 Å². The lowest BCUT2D eigenvalue weighted by molar-refractivity contribution is -0.385. The van der Waals surface area contributed by atoms with Crippen molar-refractivity contribution in [3.63, 3.8) is 0 Å². The zero-order valence-electron chi connectivity index (χ0n) is 17.8. The van der Waals surface area contributed by atoms with Crippen molar-refractivity contribution in [3.8, 4) is 5.75 Å². The number of ether oxygens (including phenoxy) is 1. The minimum Gasteiger partial charge on any atom is -0.494 e. The van der Waals surface area contributed by atoms with E-state index in [1.807, 2.05) is 18.2 Å². The molecule has 2 heterocycles. The summed E-state index contributed by atoms with van der Waals surface area (Å²) in [6.45, 7) is 4.37. The zero-order chi connectivity index (χ0) is 22.7. The lowest BCUT2D eigenvalue weighted by Gasteiger charge is -2.34. The Morgan fingerprint density at radius 3 is 2.73 bits per heavy atom. The minimum absolute atomic E-state index is 0. The largest absolute Gasteiger partial charge is 0.494 e. The van der Waals surface area contributed by atoms with Gasteiger partial charge in [0.2, 0.25) is 0 Å². The van der Waals surface area contributed by atoms with Crippen molar-refractivity contribution >= 4 is 62.3 Å². The van der Waals surface area contributed by atoms with Crippen molar-refractivity contribution in [2.24, 2.45) is 0 Å². The van der Waals surface area contributed by atoms with Crippen LogP contribution in [0.4, 0.5) is 10.8 Å². The Balaban J connectivity index is 0.00000306. The number of carbonyl (C=O) groups excluding carboxylic acids is 1. The number of halogens is 2. The van der Waals surface area contributed by atoms with Gasteiger partial charge < -0.3 is 15.0 Å². The topological polar surface area (TPSA) is 101 Å². The number of fused-ring (bicyclic) bond motifs is 1. The number of aromatic nitrogens is 1. The maximum Gasteiger partial charge on any atom is 0.282 e. The van der Waals surface area contributed by atoms with Crippen molar-refractivity contribution in [2.75, 3.05) is 51.3 Å². The van der Waals surface area contributed by atoms with Crippen LogP contribution in [0.5, 0.6) is 5.75 Å². The first kappa shape index (κ1) is 25.0. The molecule has 1 aliphatic heterocycles. The van der Waals surface area contributed by atoms with Crippen LogP contribution in [0.3, 0.4) is 0 Å². The number of para-hydroxylation sites is 1. The van der Waals surface area contributed by atoms with E-state index in [1.165, 1.54) is 18.2 Å². The van der Waals surface area contributed by atoms with E-state index >= 15 is 0 Å². The van der Waals surface area contributed by atoms with Crippen molar-refractivity contribution in [1.29, 1.82) is 0 Å². The highest BCUT2D eigenvalue weighted by Gasteiger charge is 2.22. The summed E-state index contributed by atoms with van der Waals surface area (Å²) in [6.07, 6.45) is 0. The van der Waals surface area contributed by atoms with Crippen LogP contribution in [0.25, 0.3) is 10.2 Å².